The van der Waals surface area contributed by atoms with Crippen LogP contribution in [0.1, 0.15) is 120 Å². The molecule has 2 nitrogen and oxygen atoms in total. The van der Waals surface area contributed by atoms with Crippen LogP contribution >= 0.6 is 0 Å². The number of allylic oxidation sites excluding steroid dienone is 4. The van der Waals surface area contributed by atoms with E-state index >= 15 is 0 Å². The zero-order valence-corrected chi connectivity index (χ0v) is 23.5. The van der Waals surface area contributed by atoms with E-state index in [2.05, 4.69) is 54.5 Å². The van der Waals surface area contributed by atoms with Crippen molar-refractivity contribution in [2.45, 2.75) is 126 Å². The van der Waals surface area contributed by atoms with Gasteiger partial charge in [0.2, 0.25) is 0 Å². The molecule has 8 unspecified atom stereocenters. The van der Waals surface area contributed by atoms with Crippen molar-refractivity contribution < 1.29 is 9.53 Å². The fourth-order valence-corrected chi connectivity index (χ4v) is 9.62. The third-order valence-corrected chi connectivity index (χ3v) is 11.5. The Balaban J connectivity index is 1.53. The van der Waals surface area contributed by atoms with Crippen LogP contribution in [0.15, 0.2) is 22.8 Å². The Morgan fingerprint density at radius 1 is 1.09 bits per heavy atom. The average molecular weight is 469 g/mol. The molecule has 0 aromatic rings. The lowest BCUT2D eigenvalue weighted by atomic mass is 9.47. The quantitative estimate of drug-likeness (QED) is 0.287. The fourth-order valence-electron chi connectivity index (χ4n) is 9.62. The Morgan fingerprint density at radius 2 is 1.82 bits per heavy atom. The van der Waals surface area contributed by atoms with Crippen LogP contribution in [0.25, 0.3) is 0 Å². The third-order valence-electron chi connectivity index (χ3n) is 11.5. The maximum absolute atomic E-state index is 11.7. The predicted octanol–water partition coefficient (Wildman–Crippen LogP) is 8.91. The molecular formula is C32H52O2. The highest BCUT2D eigenvalue weighted by molar-refractivity contribution is 5.66. The third kappa shape index (κ3) is 4.34. The molecule has 3 saturated carbocycles. The second-order valence-electron chi connectivity index (χ2n) is 13.4. The molecule has 0 bridgehead atoms. The average Bonchev–Trinajstić information content (AvgIpc) is 3.13. The van der Waals surface area contributed by atoms with Crippen molar-refractivity contribution in [3.63, 3.8) is 0 Å². The van der Waals surface area contributed by atoms with E-state index in [0.717, 1.165) is 24.2 Å². The lowest BCUT2D eigenvalue weighted by Gasteiger charge is -2.58. The second kappa shape index (κ2) is 9.78. The highest BCUT2D eigenvalue weighted by Crippen LogP contribution is 2.66. The molecule has 0 spiro atoms. The zero-order valence-electron chi connectivity index (χ0n) is 23.5. The summed E-state index contributed by atoms with van der Waals surface area (Å²) >= 11 is 0. The summed E-state index contributed by atoms with van der Waals surface area (Å²) in [5.41, 5.74) is 6.24. The summed E-state index contributed by atoms with van der Waals surface area (Å²) in [5.74, 6) is 4.17. The van der Waals surface area contributed by atoms with Gasteiger partial charge in [-0.3, -0.25) is 4.79 Å². The summed E-state index contributed by atoms with van der Waals surface area (Å²) in [7, 11) is 0. The lowest BCUT2D eigenvalue weighted by Crippen LogP contribution is -2.52. The Morgan fingerprint density at radius 3 is 2.47 bits per heavy atom. The molecule has 192 valence electrons. The number of hydrogen-bond donors (Lipinski definition) is 0. The number of rotatable bonds is 6. The SMILES string of the molecule is CC=C(CCC(C)C1CCC2=C3CCC4C(C)C(OC(C)=O)CCC4(C)C3CCC21C)C(C)C. The molecule has 2 heteroatoms. The minimum absolute atomic E-state index is 0.103. The highest BCUT2D eigenvalue weighted by Gasteiger charge is 2.57. The standard InChI is InChI=1S/C32H52O2/c1-9-24(20(2)3)11-10-21(4)26-14-15-28-25-12-13-27-22(5)30(34-23(6)33)17-19-32(27,8)29(25)16-18-31(26,28)7/h9,20-22,26-27,29-30H,10-19H2,1-8H3. The van der Waals surface area contributed by atoms with Crippen molar-refractivity contribution in [3.8, 4) is 0 Å². The van der Waals surface area contributed by atoms with Gasteiger partial charge in [0.1, 0.15) is 6.10 Å². The molecule has 0 aromatic carbocycles. The van der Waals surface area contributed by atoms with Crippen molar-refractivity contribution >= 4 is 5.97 Å². The van der Waals surface area contributed by atoms with E-state index in [-0.39, 0.29) is 12.1 Å². The van der Waals surface area contributed by atoms with Crippen LogP contribution in [0, 0.1) is 46.3 Å². The topological polar surface area (TPSA) is 26.3 Å². The van der Waals surface area contributed by atoms with Crippen molar-refractivity contribution in [1.82, 2.24) is 0 Å². The molecule has 0 saturated heterocycles. The van der Waals surface area contributed by atoms with Crippen molar-refractivity contribution in [1.29, 1.82) is 0 Å². The first kappa shape index (κ1) is 26.0. The first-order valence-electron chi connectivity index (χ1n) is 14.6. The van der Waals surface area contributed by atoms with Crippen molar-refractivity contribution in [2.75, 3.05) is 0 Å². The Kier molecular flexibility index (Phi) is 7.48. The summed E-state index contributed by atoms with van der Waals surface area (Å²) in [6.45, 7) is 18.7. The summed E-state index contributed by atoms with van der Waals surface area (Å²) in [4.78, 5) is 11.7. The van der Waals surface area contributed by atoms with Crippen molar-refractivity contribution in [2.24, 2.45) is 46.3 Å². The monoisotopic (exact) mass is 468 g/mol. The molecule has 4 aliphatic carbocycles. The van der Waals surface area contributed by atoms with Gasteiger partial charge in [-0.1, -0.05) is 64.3 Å². The van der Waals surface area contributed by atoms with Crippen LogP contribution < -0.4 is 0 Å². The normalized spacial score (nSPS) is 41.1. The molecule has 4 aliphatic rings. The van der Waals surface area contributed by atoms with Crippen LogP contribution in [0.2, 0.25) is 0 Å². The van der Waals surface area contributed by atoms with E-state index < -0.39 is 0 Å². The lowest BCUT2D eigenvalue weighted by molar-refractivity contribution is -0.159. The van der Waals surface area contributed by atoms with Gasteiger partial charge in [0.25, 0.3) is 0 Å². The molecule has 0 heterocycles. The number of carbonyl (C=O) groups is 1. The Labute approximate surface area is 210 Å². The van der Waals surface area contributed by atoms with E-state index in [1.165, 1.54) is 57.8 Å². The fraction of sp³-hybridized carbons (Fsp3) is 0.844. The Hall–Kier alpha value is -1.05. The van der Waals surface area contributed by atoms with Crippen LogP contribution in [-0.2, 0) is 9.53 Å². The predicted molar refractivity (Wildman–Crippen MR) is 142 cm³/mol. The molecule has 3 fully saturated rings. The van der Waals surface area contributed by atoms with Crippen LogP contribution in [0.3, 0.4) is 0 Å². The summed E-state index contributed by atoms with van der Waals surface area (Å²) in [6.07, 6.45) is 15.5. The van der Waals surface area contributed by atoms with Crippen LogP contribution in [-0.4, -0.2) is 12.1 Å². The molecule has 4 rings (SSSR count). The summed E-state index contributed by atoms with van der Waals surface area (Å²) in [5, 5.41) is 0. The van der Waals surface area contributed by atoms with Gasteiger partial charge in [0.05, 0.1) is 0 Å². The van der Waals surface area contributed by atoms with Gasteiger partial charge in [0, 0.05) is 6.92 Å². The number of ether oxygens (including phenoxy) is 1. The van der Waals surface area contributed by atoms with Crippen LogP contribution in [0.4, 0.5) is 0 Å². The van der Waals surface area contributed by atoms with Gasteiger partial charge in [-0.05, 0) is 117 Å². The van der Waals surface area contributed by atoms with E-state index in [1.54, 1.807) is 12.5 Å². The Bertz CT molecular complexity index is 834. The van der Waals surface area contributed by atoms with Gasteiger partial charge >= 0.3 is 5.97 Å². The molecular weight excluding hydrogens is 416 g/mol. The molecule has 0 N–H and O–H groups in total. The number of esters is 1. The van der Waals surface area contributed by atoms with Gasteiger partial charge in [-0.15, -0.1) is 0 Å². The molecule has 8 atom stereocenters. The minimum Gasteiger partial charge on any atom is -0.462 e. The molecule has 0 aromatic heterocycles. The smallest absolute Gasteiger partial charge is 0.302 e. The molecule has 34 heavy (non-hydrogen) atoms. The zero-order chi connectivity index (χ0) is 24.8. The van der Waals surface area contributed by atoms with Crippen molar-refractivity contribution in [3.05, 3.63) is 22.8 Å². The van der Waals surface area contributed by atoms with E-state index in [0.29, 0.717) is 28.6 Å². The summed E-state index contributed by atoms with van der Waals surface area (Å²) in [6, 6.07) is 0. The van der Waals surface area contributed by atoms with Gasteiger partial charge in [-0.25, -0.2) is 0 Å². The van der Waals surface area contributed by atoms with E-state index in [1.807, 2.05) is 11.1 Å². The van der Waals surface area contributed by atoms with Gasteiger partial charge < -0.3 is 4.74 Å². The highest BCUT2D eigenvalue weighted by atomic mass is 16.5. The second-order valence-corrected chi connectivity index (χ2v) is 13.4. The maximum Gasteiger partial charge on any atom is 0.302 e. The van der Waals surface area contributed by atoms with Crippen LogP contribution in [0.5, 0.6) is 0 Å². The minimum atomic E-state index is -0.103. The van der Waals surface area contributed by atoms with Gasteiger partial charge in [-0.2, -0.15) is 0 Å². The first-order chi connectivity index (χ1) is 16.0. The van der Waals surface area contributed by atoms with E-state index in [4.69, 9.17) is 4.74 Å². The molecule has 0 aliphatic heterocycles. The number of carbonyl (C=O) groups excluding carboxylic acids is 1. The largest absolute Gasteiger partial charge is 0.462 e. The number of hydrogen-bond acceptors (Lipinski definition) is 2. The molecule has 0 radical (unpaired) electrons. The van der Waals surface area contributed by atoms with Gasteiger partial charge in [0.15, 0.2) is 0 Å². The number of fused-ring (bicyclic) bond motifs is 4. The summed E-state index contributed by atoms with van der Waals surface area (Å²) < 4.78 is 5.77. The molecule has 0 amide bonds. The maximum atomic E-state index is 11.7. The van der Waals surface area contributed by atoms with E-state index in [9.17, 15) is 4.79 Å². The first-order valence-corrected chi connectivity index (χ1v) is 14.6.